The summed E-state index contributed by atoms with van der Waals surface area (Å²) in [4.78, 5) is 19.4. The lowest BCUT2D eigenvalue weighted by molar-refractivity contribution is 0.0791. The van der Waals surface area contributed by atoms with Crippen LogP contribution >= 0.6 is 0 Å². The van der Waals surface area contributed by atoms with Gasteiger partial charge >= 0.3 is 0 Å². The summed E-state index contributed by atoms with van der Waals surface area (Å²) in [5.74, 6) is 1.23. The molecule has 1 amide bonds. The van der Waals surface area contributed by atoms with Crippen LogP contribution in [0.25, 0.3) is 0 Å². The third-order valence-electron chi connectivity index (χ3n) is 3.47. The first-order valence-corrected chi connectivity index (χ1v) is 6.60. The summed E-state index contributed by atoms with van der Waals surface area (Å²) in [6.45, 7) is 4.32. The topological polar surface area (TPSA) is 95.7 Å². The number of carbonyl (C=O) groups is 1. The van der Waals surface area contributed by atoms with Crippen LogP contribution in [-0.2, 0) is 4.74 Å². The second-order valence-corrected chi connectivity index (χ2v) is 4.99. The number of nitrogens with zero attached hydrogens (tertiary/aromatic N) is 2. The summed E-state index contributed by atoms with van der Waals surface area (Å²) in [5, 5.41) is 9.92. The maximum absolute atomic E-state index is 12.2. The van der Waals surface area contributed by atoms with E-state index in [9.17, 15) is 4.79 Å². The highest BCUT2D eigenvalue weighted by Crippen LogP contribution is 2.27. The van der Waals surface area contributed by atoms with Crippen LogP contribution in [0.15, 0.2) is 12.4 Å². The van der Waals surface area contributed by atoms with Gasteiger partial charge in [0.1, 0.15) is 11.9 Å². The number of hydrogen-bond acceptors (Lipinski definition) is 4. The van der Waals surface area contributed by atoms with Crippen molar-refractivity contribution in [1.82, 2.24) is 25.5 Å². The van der Waals surface area contributed by atoms with Gasteiger partial charge in [-0.3, -0.25) is 9.89 Å². The maximum Gasteiger partial charge on any atom is 0.253 e. The van der Waals surface area contributed by atoms with E-state index in [0.29, 0.717) is 18.0 Å². The highest BCUT2D eigenvalue weighted by Gasteiger charge is 2.34. The molecule has 0 radical (unpaired) electrons. The Hall–Kier alpha value is -2.15. The van der Waals surface area contributed by atoms with Gasteiger partial charge in [-0.15, -0.1) is 0 Å². The summed E-state index contributed by atoms with van der Waals surface area (Å²) in [6, 6.07) is -0.105. The molecule has 7 nitrogen and oxygen atoms in total. The van der Waals surface area contributed by atoms with Crippen molar-refractivity contribution in [2.24, 2.45) is 0 Å². The van der Waals surface area contributed by atoms with E-state index in [0.717, 1.165) is 17.8 Å². The molecule has 2 aromatic rings. The van der Waals surface area contributed by atoms with Crippen molar-refractivity contribution >= 4 is 5.91 Å². The highest BCUT2D eigenvalue weighted by molar-refractivity contribution is 5.95. The van der Waals surface area contributed by atoms with Gasteiger partial charge in [0.05, 0.1) is 11.6 Å². The second kappa shape index (κ2) is 5.09. The Morgan fingerprint density at radius 2 is 2.30 bits per heavy atom. The summed E-state index contributed by atoms with van der Waals surface area (Å²) >= 11 is 0. The zero-order valence-electron chi connectivity index (χ0n) is 11.4. The molecule has 1 aliphatic heterocycles. The second-order valence-electron chi connectivity index (χ2n) is 4.99. The van der Waals surface area contributed by atoms with Crippen molar-refractivity contribution in [2.75, 3.05) is 6.61 Å². The van der Waals surface area contributed by atoms with Crippen LogP contribution in [0, 0.1) is 13.8 Å². The van der Waals surface area contributed by atoms with E-state index in [1.54, 1.807) is 12.4 Å². The number of nitrogens with one attached hydrogen (secondary N) is 3. The minimum atomic E-state index is -0.289. The van der Waals surface area contributed by atoms with Crippen LogP contribution in [0.1, 0.15) is 40.1 Å². The molecule has 1 saturated heterocycles. The van der Waals surface area contributed by atoms with E-state index in [-0.39, 0.29) is 18.1 Å². The lowest BCUT2D eigenvalue weighted by Gasteiger charge is -2.17. The summed E-state index contributed by atoms with van der Waals surface area (Å²) in [6.07, 6.45) is 3.97. The van der Waals surface area contributed by atoms with Crippen LogP contribution in [-0.4, -0.2) is 38.7 Å². The average molecular weight is 275 g/mol. The quantitative estimate of drug-likeness (QED) is 0.779. The van der Waals surface area contributed by atoms with Crippen molar-refractivity contribution in [3.63, 3.8) is 0 Å². The minimum Gasteiger partial charge on any atom is -0.368 e. The number of amides is 1. The van der Waals surface area contributed by atoms with Crippen molar-refractivity contribution < 1.29 is 9.53 Å². The van der Waals surface area contributed by atoms with Crippen molar-refractivity contribution in [3.8, 4) is 0 Å². The van der Waals surface area contributed by atoms with E-state index in [4.69, 9.17) is 4.74 Å². The SMILES string of the molecule is Cc1nc([C@@H]2OCC[C@@H]2NC(=O)c2c[nH]cc2C)n[nH]1. The van der Waals surface area contributed by atoms with Crippen LogP contribution in [0.4, 0.5) is 0 Å². The number of aromatic amines is 2. The molecule has 0 aromatic carbocycles. The van der Waals surface area contributed by atoms with Gasteiger partial charge < -0.3 is 15.0 Å². The van der Waals surface area contributed by atoms with Gasteiger partial charge in [0.2, 0.25) is 0 Å². The molecule has 7 heteroatoms. The molecule has 3 rings (SSSR count). The van der Waals surface area contributed by atoms with E-state index < -0.39 is 0 Å². The van der Waals surface area contributed by atoms with Crippen LogP contribution < -0.4 is 5.32 Å². The largest absolute Gasteiger partial charge is 0.368 e. The molecule has 0 unspecified atom stereocenters. The molecule has 0 aliphatic carbocycles. The lowest BCUT2D eigenvalue weighted by atomic mass is 10.1. The van der Waals surface area contributed by atoms with Gasteiger partial charge in [-0.2, -0.15) is 5.10 Å². The Balaban J connectivity index is 1.73. The first-order chi connectivity index (χ1) is 9.65. The van der Waals surface area contributed by atoms with Gasteiger partial charge in [-0.25, -0.2) is 4.98 Å². The Labute approximate surface area is 116 Å². The fourth-order valence-electron chi connectivity index (χ4n) is 2.41. The number of H-pyrrole nitrogens is 2. The zero-order chi connectivity index (χ0) is 14.1. The number of rotatable bonds is 3. The maximum atomic E-state index is 12.2. The third-order valence-corrected chi connectivity index (χ3v) is 3.47. The smallest absolute Gasteiger partial charge is 0.253 e. The van der Waals surface area contributed by atoms with Gasteiger partial charge in [0.15, 0.2) is 5.82 Å². The van der Waals surface area contributed by atoms with E-state index in [1.807, 2.05) is 13.8 Å². The molecule has 20 heavy (non-hydrogen) atoms. The average Bonchev–Trinajstić information content (AvgIpc) is 3.10. The first-order valence-electron chi connectivity index (χ1n) is 6.60. The van der Waals surface area contributed by atoms with Gasteiger partial charge in [0, 0.05) is 19.0 Å². The number of aryl methyl sites for hydroxylation is 2. The molecule has 0 spiro atoms. The Bertz CT molecular complexity index is 618. The van der Waals surface area contributed by atoms with E-state index in [2.05, 4.69) is 25.5 Å². The van der Waals surface area contributed by atoms with Gasteiger partial charge in [-0.1, -0.05) is 0 Å². The molecule has 106 valence electrons. The standard InChI is InChI=1S/C13H17N5O2/c1-7-5-14-6-9(7)13(19)16-10-3-4-20-11(10)12-15-8(2)17-18-12/h5-6,10-11,14H,3-4H2,1-2H3,(H,16,19)(H,15,17,18)/t10-,11+/m0/s1. The minimum absolute atomic E-state index is 0.100. The normalized spacial score (nSPS) is 22.1. The fraction of sp³-hybridized carbons (Fsp3) is 0.462. The molecule has 1 fully saturated rings. The predicted molar refractivity (Wildman–Crippen MR) is 71.2 cm³/mol. The van der Waals surface area contributed by atoms with Gasteiger partial charge in [0.25, 0.3) is 5.91 Å². The summed E-state index contributed by atoms with van der Waals surface area (Å²) in [5.41, 5.74) is 1.58. The molecule has 2 aromatic heterocycles. The molecule has 3 heterocycles. The Morgan fingerprint density at radius 3 is 2.95 bits per heavy atom. The summed E-state index contributed by atoms with van der Waals surface area (Å²) < 4.78 is 5.65. The number of ether oxygens (including phenoxy) is 1. The molecule has 3 N–H and O–H groups in total. The monoisotopic (exact) mass is 275 g/mol. The molecule has 0 bridgehead atoms. The highest BCUT2D eigenvalue weighted by atomic mass is 16.5. The van der Waals surface area contributed by atoms with Crippen LogP contribution in [0.5, 0.6) is 0 Å². The van der Waals surface area contributed by atoms with Crippen molar-refractivity contribution in [2.45, 2.75) is 32.4 Å². The Kier molecular flexibility index (Phi) is 3.27. The van der Waals surface area contributed by atoms with Gasteiger partial charge in [-0.05, 0) is 25.8 Å². The molecule has 1 aliphatic rings. The Morgan fingerprint density at radius 1 is 1.45 bits per heavy atom. The number of hydrogen-bond donors (Lipinski definition) is 3. The number of carbonyl (C=O) groups excluding carboxylic acids is 1. The summed E-state index contributed by atoms with van der Waals surface area (Å²) in [7, 11) is 0. The lowest BCUT2D eigenvalue weighted by Crippen LogP contribution is -2.37. The van der Waals surface area contributed by atoms with Crippen molar-refractivity contribution in [3.05, 3.63) is 35.2 Å². The first kappa shape index (κ1) is 12.9. The predicted octanol–water partition coefficient (Wildman–Crippen LogP) is 1.01. The van der Waals surface area contributed by atoms with E-state index >= 15 is 0 Å². The fourth-order valence-corrected chi connectivity index (χ4v) is 2.41. The van der Waals surface area contributed by atoms with Crippen molar-refractivity contribution in [1.29, 1.82) is 0 Å². The number of aromatic nitrogens is 4. The molecular formula is C13H17N5O2. The van der Waals surface area contributed by atoms with E-state index in [1.165, 1.54) is 0 Å². The van der Waals surface area contributed by atoms with Crippen LogP contribution in [0.3, 0.4) is 0 Å². The molecule has 0 saturated carbocycles. The van der Waals surface area contributed by atoms with Crippen LogP contribution in [0.2, 0.25) is 0 Å². The third kappa shape index (κ3) is 2.32. The molecule has 2 atom stereocenters. The molecular weight excluding hydrogens is 258 g/mol. The zero-order valence-corrected chi connectivity index (χ0v) is 11.4.